The van der Waals surface area contributed by atoms with Crippen molar-refractivity contribution in [3.63, 3.8) is 0 Å². The summed E-state index contributed by atoms with van der Waals surface area (Å²) in [6, 6.07) is 8.84. The maximum absolute atomic E-state index is 11.2. The van der Waals surface area contributed by atoms with E-state index in [2.05, 4.69) is 0 Å². The molecule has 0 radical (unpaired) electrons. The van der Waals surface area contributed by atoms with E-state index in [9.17, 15) is 19.8 Å². The molecule has 0 saturated carbocycles. The first-order valence-corrected chi connectivity index (χ1v) is 6.12. The smallest absolute Gasteiger partial charge is 0.335 e. The van der Waals surface area contributed by atoms with Crippen LogP contribution in [0.3, 0.4) is 0 Å². The standard InChI is InChI=1S/C15H14N2O4/c16-10-1-3-12(14(18)19)8(6-10)5-9-7-11(17)2-4-13(9)15(20)21/h1-4,6-7H,5,16-17H2,(H,18,19)(H,20,21). The number of carboxylic acid groups (broad SMARTS) is 2. The molecule has 2 aromatic carbocycles. The van der Waals surface area contributed by atoms with E-state index in [1.165, 1.54) is 36.4 Å². The summed E-state index contributed by atoms with van der Waals surface area (Å²) in [5.41, 5.74) is 13.2. The molecule has 0 fully saturated rings. The average molecular weight is 286 g/mol. The lowest BCUT2D eigenvalue weighted by atomic mass is 9.95. The summed E-state index contributed by atoms with van der Waals surface area (Å²) in [6.07, 6.45) is 0.124. The predicted octanol–water partition coefficient (Wildman–Crippen LogP) is 1.84. The van der Waals surface area contributed by atoms with Gasteiger partial charge in [0.1, 0.15) is 0 Å². The molecule has 2 rings (SSSR count). The SMILES string of the molecule is Nc1ccc(C(=O)O)c(Cc2cc(N)ccc2C(=O)O)c1. The van der Waals surface area contributed by atoms with E-state index in [4.69, 9.17) is 11.5 Å². The third-order valence-electron chi connectivity index (χ3n) is 3.10. The Balaban J connectivity index is 2.52. The van der Waals surface area contributed by atoms with E-state index < -0.39 is 11.9 Å². The van der Waals surface area contributed by atoms with Gasteiger partial charge in [-0.2, -0.15) is 0 Å². The highest BCUT2D eigenvalue weighted by molar-refractivity contribution is 5.92. The molecule has 0 aliphatic heterocycles. The summed E-state index contributed by atoms with van der Waals surface area (Å²) in [4.78, 5) is 22.5. The van der Waals surface area contributed by atoms with Crippen LogP contribution in [-0.4, -0.2) is 22.2 Å². The lowest BCUT2D eigenvalue weighted by molar-refractivity contribution is 0.0686. The molecule has 6 nitrogen and oxygen atoms in total. The number of aromatic carboxylic acids is 2. The molecular formula is C15H14N2O4. The fourth-order valence-corrected chi connectivity index (χ4v) is 2.14. The number of carbonyl (C=O) groups is 2. The molecular weight excluding hydrogens is 272 g/mol. The highest BCUT2D eigenvalue weighted by Crippen LogP contribution is 2.22. The molecule has 0 atom stereocenters. The molecule has 0 bridgehead atoms. The van der Waals surface area contributed by atoms with Gasteiger partial charge in [0.15, 0.2) is 0 Å². The highest BCUT2D eigenvalue weighted by Gasteiger charge is 2.15. The zero-order valence-corrected chi connectivity index (χ0v) is 11.0. The molecule has 21 heavy (non-hydrogen) atoms. The maximum Gasteiger partial charge on any atom is 0.335 e. The molecule has 6 N–H and O–H groups in total. The highest BCUT2D eigenvalue weighted by atomic mass is 16.4. The summed E-state index contributed by atoms with van der Waals surface area (Å²) in [5, 5.41) is 18.4. The van der Waals surface area contributed by atoms with Crippen LogP contribution in [0.15, 0.2) is 36.4 Å². The second kappa shape index (κ2) is 5.54. The summed E-state index contributed by atoms with van der Waals surface area (Å²) >= 11 is 0. The van der Waals surface area contributed by atoms with Crippen molar-refractivity contribution >= 4 is 23.3 Å². The van der Waals surface area contributed by atoms with Crippen molar-refractivity contribution in [2.24, 2.45) is 0 Å². The van der Waals surface area contributed by atoms with Gasteiger partial charge in [0, 0.05) is 11.4 Å². The summed E-state index contributed by atoms with van der Waals surface area (Å²) in [7, 11) is 0. The van der Waals surface area contributed by atoms with Gasteiger partial charge >= 0.3 is 11.9 Å². The van der Waals surface area contributed by atoms with E-state index in [1.807, 2.05) is 0 Å². The first-order chi connectivity index (χ1) is 9.88. The quantitative estimate of drug-likeness (QED) is 0.635. The maximum atomic E-state index is 11.2. The van der Waals surface area contributed by atoms with Crippen molar-refractivity contribution < 1.29 is 19.8 Å². The van der Waals surface area contributed by atoms with E-state index in [1.54, 1.807) is 0 Å². The van der Waals surface area contributed by atoms with Gasteiger partial charge in [-0.3, -0.25) is 0 Å². The number of nitrogen functional groups attached to an aromatic ring is 2. The van der Waals surface area contributed by atoms with E-state index in [0.717, 1.165) is 0 Å². The minimum Gasteiger partial charge on any atom is -0.478 e. The van der Waals surface area contributed by atoms with Gasteiger partial charge < -0.3 is 21.7 Å². The van der Waals surface area contributed by atoms with Crippen LogP contribution >= 0.6 is 0 Å². The van der Waals surface area contributed by atoms with Gasteiger partial charge in [0.2, 0.25) is 0 Å². The molecule has 0 aliphatic carbocycles. The van der Waals surface area contributed by atoms with Gasteiger partial charge in [0.05, 0.1) is 11.1 Å². The Bertz CT molecular complexity index is 664. The summed E-state index contributed by atoms with van der Waals surface area (Å²) < 4.78 is 0. The monoisotopic (exact) mass is 286 g/mol. The Kier molecular flexibility index (Phi) is 3.80. The molecule has 108 valence electrons. The Hall–Kier alpha value is -3.02. The number of rotatable bonds is 4. The lowest BCUT2D eigenvalue weighted by Gasteiger charge is -2.10. The zero-order valence-electron chi connectivity index (χ0n) is 11.0. The fraction of sp³-hybridized carbons (Fsp3) is 0.0667. The first kappa shape index (κ1) is 14.4. The zero-order chi connectivity index (χ0) is 15.6. The van der Waals surface area contributed by atoms with Crippen molar-refractivity contribution in [2.45, 2.75) is 6.42 Å². The Labute approximate surface area is 120 Å². The van der Waals surface area contributed by atoms with Crippen LogP contribution in [0.2, 0.25) is 0 Å². The van der Waals surface area contributed by atoms with E-state index in [0.29, 0.717) is 22.5 Å². The lowest BCUT2D eigenvalue weighted by Crippen LogP contribution is -2.08. The molecule has 0 amide bonds. The Morgan fingerprint density at radius 1 is 0.810 bits per heavy atom. The van der Waals surface area contributed by atoms with E-state index in [-0.39, 0.29) is 17.5 Å². The van der Waals surface area contributed by atoms with Crippen molar-refractivity contribution in [1.82, 2.24) is 0 Å². The third-order valence-corrected chi connectivity index (χ3v) is 3.10. The minimum atomic E-state index is -1.09. The second-order valence-electron chi connectivity index (χ2n) is 4.62. The molecule has 0 spiro atoms. The Morgan fingerprint density at radius 3 is 1.52 bits per heavy atom. The third kappa shape index (κ3) is 3.11. The van der Waals surface area contributed by atoms with Gasteiger partial charge in [0.25, 0.3) is 0 Å². The summed E-state index contributed by atoms with van der Waals surface area (Å²) in [5.74, 6) is -2.18. The largest absolute Gasteiger partial charge is 0.478 e. The molecule has 0 unspecified atom stereocenters. The van der Waals surface area contributed by atoms with Gasteiger partial charge in [-0.25, -0.2) is 9.59 Å². The average Bonchev–Trinajstić information content (AvgIpc) is 2.38. The number of hydrogen-bond acceptors (Lipinski definition) is 4. The van der Waals surface area contributed by atoms with Crippen LogP contribution in [0.1, 0.15) is 31.8 Å². The number of carboxylic acids is 2. The van der Waals surface area contributed by atoms with Crippen molar-refractivity contribution in [3.05, 3.63) is 58.7 Å². The van der Waals surface area contributed by atoms with Crippen LogP contribution in [0.4, 0.5) is 11.4 Å². The van der Waals surface area contributed by atoms with Crippen LogP contribution in [0.5, 0.6) is 0 Å². The number of hydrogen-bond donors (Lipinski definition) is 4. The molecule has 0 aromatic heterocycles. The van der Waals surface area contributed by atoms with Crippen LogP contribution in [-0.2, 0) is 6.42 Å². The summed E-state index contributed by atoms with van der Waals surface area (Å²) in [6.45, 7) is 0. The fourth-order valence-electron chi connectivity index (χ4n) is 2.14. The van der Waals surface area contributed by atoms with Gasteiger partial charge in [-0.15, -0.1) is 0 Å². The van der Waals surface area contributed by atoms with Gasteiger partial charge in [-0.05, 0) is 53.9 Å². The molecule has 0 aliphatic rings. The topological polar surface area (TPSA) is 127 Å². The minimum absolute atomic E-state index is 0.0861. The van der Waals surface area contributed by atoms with Crippen molar-refractivity contribution in [1.29, 1.82) is 0 Å². The molecule has 0 saturated heterocycles. The number of benzene rings is 2. The number of anilines is 2. The molecule has 0 heterocycles. The van der Waals surface area contributed by atoms with Crippen LogP contribution < -0.4 is 11.5 Å². The van der Waals surface area contributed by atoms with Crippen LogP contribution in [0, 0.1) is 0 Å². The predicted molar refractivity (Wildman–Crippen MR) is 78.4 cm³/mol. The molecule has 2 aromatic rings. The first-order valence-electron chi connectivity index (χ1n) is 6.12. The normalized spacial score (nSPS) is 10.3. The van der Waals surface area contributed by atoms with Gasteiger partial charge in [-0.1, -0.05) is 0 Å². The van der Waals surface area contributed by atoms with Crippen LogP contribution in [0.25, 0.3) is 0 Å². The second-order valence-corrected chi connectivity index (χ2v) is 4.62. The Morgan fingerprint density at radius 2 is 1.19 bits per heavy atom. The number of nitrogens with two attached hydrogens (primary N) is 2. The van der Waals surface area contributed by atoms with E-state index >= 15 is 0 Å². The molecule has 6 heteroatoms. The van der Waals surface area contributed by atoms with Crippen molar-refractivity contribution in [2.75, 3.05) is 11.5 Å². The van der Waals surface area contributed by atoms with Crippen molar-refractivity contribution in [3.8, 4) is 0 Å².